The van der Waals surface area contributed by atoms with Crippen molar-refractivity contribution in [2.75, 3.05) is 0 Å². The largest absolute Gasteiger partial charge is 0.256 e. The molecule has 0 aliphatic heterocycles. The Morgan fingerprint density at radius 3 is 2.30 bits per heavy atom. The van der Waals surface area contributed by atoms with Gasteiger partial charge in [-0.1, -0.05) is 6.07 Å². The van der Waals surface area contributed by atoms with Gasteiger partial charge >= 0.3 is 0 Å². The smallest absolute Gasteiger partial charge is 0.104 e. The Labute approximate surface area is 144 Å². The molecule has 98 valence electrons. The van der Waals surface area contributed by atoms with Crippen molar-refractivity contribution in [2.45, 2.75) is 0 Å². The predicted octanol–water partition coefficient (Wildman–Crippen LogP) is 4.41. The molecule has 0 amide bonds. The summed E-state index contributed by atoms with van der Waals surface area (Å²) in [7, 11) is 0. The molecule has 3 nitrogen and oxygen atoms in total. The minimum absolute atomic E-state index is 0.870. The highest BCUT2D eigenvalue weighted by Gasteiger charge is 2.14. The SMILES string of the molecule is Ic1ccnc(-c2ncccc2-c2ccccn2)c1I. The van der Waals surface area contributed by atoms with Crippen molar-refractivity contribution in [3.05, 3.63) is 62.1 Å². The summed E-state index contributed by atoms with van der Waals surface area (Å²) in [4.78, 5) is 13.4. The fraction of sp³-hybridized carbons (Fsp3) is 0. The van der Waals surface area contributed by atoms with Crippen molar-refractivity contribution in [3.63, 3.8) is 0 Å². The van der Waals surface area contributed by atoms with Crippen LogP contribution in [0.3, 0.4) is 0 Å². The van der Waals surface area contributed by atoms with Gasteiger partial charge < -0.3 is 0 Å². The molecule has 3 heterocycles. The second-order valence-corrected chi connectivity index (χ2v) is 6.31. The molecule has 20 heavy (non-hydrogen) atoms. The van der Waals surface area contributed by atoms with Gasteiger partial charge in [0.1, 0.15) is 5.69 Å². The summed E-state index contributed by atoms with van der Waals surface area (Å²) in [6.45, 7) is 0. The lowest BCUT2D eigenvalue weighted by Crippen LogP contribution is -1.96. The van der Waals surface area contributed by atoms with Crippen LogP contribution >= 0.6 is 45.2 Å². The van der Waals surface area contributed by atoms with E-state index in [1.54, 1.807) is 12.4 Å². The van der Waals surface area contributed by atoms with Gasteiger partial charge in [-0.15, -0.1) is 0 Å². The molecule has 0 unspecified atom stereocenters. The highest BCUT2D eigenvalue weighted by molar-refractivity contribution is 14.1. The first-order valence-corrected chi connectivity index (χ1v) is 8.10. The Hall–Kier alpha value is -1.09. The van der Waals surface area contributed by atoms with Gasteiger partial charge in [-0.2, -0.15) is 0 Å². The van der Waals surface area contributed by atoms with Crippen LogP contribution in [0.15, 0.2) is 55.0 Å². The quantitative estimate of drug-likeness (QED) is 0.505. The van der Waals surface area contributed by atoms with Crippen molar-refractivity contribution in [3.8, 4) is 22.6 Å². The van der Waals surface area contributed by atoms with E-state index in [0.29, 0.717) is 0 Å². The molecule has 0 fully saturated rings. The van der Waals surface area contributed by atoms with Gasteiger partial charge in [0.25, 0.3) is 0 Å². The van der Waals surface area contributed by atoms with Crippen LogP contribution in [0.2, 0.25) is 0 Å². The van der Waals surface area contributed by atoms with Crippen molar-refractivity contribution < 1.29 is 0 Å². The maximum Gasteiger partial charge on any atom is 0.104 e. The fourth-order valence-corrected chi connectivity index (χ4v) is 2.90. The Bertz CT molecular complexity index is 745. The highest BCUT2D eigenvalue weighted by atomic mass is 127. The molecule has 0 aliphatic carbocycles. The van der Waals surface area contributed by atoms with Gasteiger partial charge in [-0.3, -0.25) is 15.0 Å². The van der Waals surface area contributed by atoms with Crippen LogP contribution in [-0.2, 0) is 0 Å². The van der Waals surface area contributed by atoms with Crippen molar-refractivity contribution in [1.82, 2.24) is 15.0 Å². The van der Waals surface area contributed by atoms with Crippen molar-refractivity contribution >= 4 is 45.2 Å². The Morgan fingerprint density at radius 2 is 1.50 bits per heavy atom. The van der Waals surface area contributed by atoms with E-state index in [-0.39, 0.29) is 0 Å². The average Bonchev–Trinajstić information content (AvgIpc) is 2.51. The lowest BCUT2D eigenvalue weighted by atomic mass is 10.1. The van der Waals surface area contributed by atoms with Crippen LogP contribution in [0.5, 0.6) is 0 Å². The number of halogens is 2. The van der Waals surface area contributed by atoms with Gasteiger partial charge in [-0.25, -0.2) is 0 Å². The standard InChI is InChI=1S/C15H9I2N3/c16-11-6-9-20-15(13(11)17)14-10(4-3-8-19-14)12-5-1-2-7-18-12/h1-9H. The topological polar surface area (TPSA) is 38.7 Å². The maximum atomic E-state index is 4.52. The van der Waals surface area contributed by atoms with Gasteiger partial charge in [-0.05, 0) is 75.5 Å². The lowest BCUT2D eigenvalue weighted by molar-refractivity contribution is 1.21. The molecule has 0 saturated heterocycles. The zero-order valence-corrected chi connectivity index (χ0v) is 14.6. The third-order valence-corrected chi connectivity index (χ3v) is 5.84. The molecule has 0 radical (unpaired) electrons. The molecule has 0 aromatic carbocycles. The maximum absolute atomic E-state index is 4.52. The fourth-order valence-electron chi connectivity index (χ4n) is 1.91. The van der Waals surface area contributed by atoms with E-state index in [0.717, 1.165) is 26.2 Å². The van der Waals surface area contributed by atoms with Crippen LogP contribution in [0, 0.1) is 7.14 Å². The lowest BCUT2D eigenvalue weighted by Gasteiger charge is -2.09. The van der Waals surface area contributed by atoms with Gasteiger partial charge in [0.05, 0.1) is 15.0 Å². The number of hydrogen-bond donors (Lipinski definition) is 0. The minimum Gasteiger partial charge on any atom is -0.256 e. The molecular weight excluding hydrogens is 476 g/mol. The highest BCUT2D eigenvalue weighted by Crippen LogP contribution is 2.31. The second kappa shape index (κ2) is 6.13. The molecule has 3 aromatic rings. The van der Waals surface area contributed by atoms with E-state index in [1.165, 1.54) is 3.57 Å². The first-order chi connectivity index (χ1) is 9.77. The molecule has 0 bridgehead atoms. The van der Waals surface area contributed by atoms with E-state index in [1.807, 2.05) is 42.6 Å². The molecule has 0 atom stereocenters. The molecule has 5 heteroatoms. The van der Waals surface area contributed by atoms with E-state index >= 15 is 0 Å². The molecule has 3 rings (SSSR count). The van der Waals surface area contributed by atoms with Gasteiger partial charge in [0.15, 0.2) is 0 Å². The molecular formula is C15H9I2N3. The third kappa shape index (κ3) is 2.69. The first-order valence-electron chi connectivity index (χ1n) is 5.94. The summed E-state index contributed by atoms with van der Waals surface area (Å²) in [5.41, 5.74) is 3.68. The van der Waals surface area contributed by atoms with Gasteiger partial charge in [0.2, 0.25) is 0 Å². The molecule has 0 aliphatic rings. The minimum atomic E-state index is 0.870. The van der Waals surface area contributed by atoms with E-state index in [9.17, 15) is 0 Å². The predicted molar refractivity (Wildman–Crippen MR) is 96.1 cm³/mol. The molecule has 0 saturated carbocycles. The zero-order chi connectivity index (χ0) is 13.9. The summed E-state index contributed by atoms with van der Waals surface area (Å²) >= 11 is 4.63. The van der Waals surface area contributed by atoms with E-state index < -0.39 is 0 Å². The Kier molecular flexibility index (Phi) is 4.25. The summed E-state index contributed by atoms with van der Waals surface area (Å²) in [5.74, 6) is 0. The van der Waals surface area contributed by atoms with Crippen LogP contribution in [0.4, 0.5) is 0 Å². The summed E-state index contributed by atoms with van der Waals surface area (Å²) < 4.78 is 2.28. The Morgan fingerprint density at radius 1 is 0.700 bits per heavy atom. The first kappa shape index (κ1) is 13.9. The number of hydrogen-bond acceptors (Lipinski definition) is 3. The average molecular weight is 485 g/mol. The number of rotatable bonds is 2. The monoisotopic (exact) mass is 485 g/mol. The van der Waals surface area contributed by atoms with Crippen LogP contribution in [-0.4, -0.2) is 15.0 Å². The molecule has 0 N–H and O–H groups in total. The van der Waals surface area contributed by atoms with E-state index in [4.69, 9.17) is 0 Å². The summed E-state index contributed by atoms with van der Waals surface area (Å²) in [6.07, 6.45) is 5.40. The zero-order valence-electron chi connectivity index (χ0n) is 10.3. The normalized spacial score (nSPS) is 10.5. The summed E-state index contributed by atoms with van der Waals surface area (Å²) in [6, 6.07) is 11.8. The Balaban J connectivity index is 2.23. The molecule has 3 aromatic heterocycles. The summed E-state index contributed by atoms with van der Waals surface area (Å²) in [5, 5.41) is 0. The molecule has 0 spiro atoms. The van der Waals surface area contributed by atoms with Crippen LogP contribution < -0.4 is 0 Å². The number of pyridine rings is 3. The number of nitrogens with zero attached hydrogens (tertiary/aromatic N) is 3. The number of aromatic nitrogens is 3. The van der Waals surface area contributed by atoms with Crippen molar-refractivity contribution in [1.29, 1.82) is 0 Å². The van der Waals surface area contributed by atoms with Crippen LogP contribution in [0.1, 0.15) is 0 Å². The third-order valence-electron chi connectivity index (χ3n) is 2.81. The van der Waals surface area contributed by atoms with Crippen LogP contribution in [0.25, 0.3) is 22.6 Å². The van der Waals surface area contributed by atoms with E-state index in [2.05, 4.69) is 60.1 Å². The van der Waals surface area contributed by atoms with Gasteiger partial charge in [0, 0.05) is 27.7 Å². The van der Waals surface area contributed by atoms with Crippen molar-refractivity contribution in [2.24, 2.45) is 0 Å². The second-order valence-electron chi connectivity index (χ2n) is 4.07.